The Kier molecular flexibility index (Phi) is 5.37. The van der Waals surface area contributed by atoms with E-state index in [-0.39, 0.29) is 25.4 Å². The zero-order valence-corrected chi connectivity index (χ0v) is 14.1. The van der Waals surface area contributed by atoms with Crippen LogP contribution in [0.5, 0.6) is 0 Å². The van der Waals surface area contributed by atoms with E-state index in [1.54, 1.807) is 18.2 Å². The largest absolute Gasteiger partial charge is 0.480 e. The molecule has 1 heterocycles. The number of β-amino-alcohol motifs (C(OH)–C–C–N with tert-alkyl or cyclic N) is 1. The van der Waals surface area contributed by atoms with Crippen LogP contribution in [0.25, 0.3) is 0 Å². The predicted octanol–water partition coefficient (Wildman–Crippen LogP) is 1.67. The number of benzene rings is 1. The molecule has 3 N–H and O–H groups in total. The van der Waals surface area contributed by atoms with Gasteiger partial charge >= 0.3 is 5.97 Å². The van der Waals surface area contributed by atoms with E-state index in [1.807, 2.05) is 0 Å². The average Bonchev–Trinajstić information content (AvgIpc) is 2.74. The van der Waals surface area contributed by atoms with E-state index in [4.69, 9.17) is 5.11 Å². The first-order valence-corrected chi connectivity index (χ1v) is 7.85. The lowest BCUT2D eigenvalue weighted by atomic mass is 10.2. The van der Waals surface area contributed by atoms with Gasteiger partial charge in [0.1, 0.15) is 6.04 Å². The summed E-state index contributed by atoms with van der Waals surface area (Å²) in [6, 6.07) is 4.51. The van der Waals surface area contributed by atoms with Crippen molar-refractivity contribution in [3.05, 3.63) is 27.1 Å². The summed E-state index contributed by atoms with van der Waals surface area (Å²) in [6.45, 7) is 0.114. The number of carbonyl (C=O) groups excluding carboxylic acids is 1. The van der Waals surface area contributed by atoms with Crippen LogP contribution in [0.15, 0.2) is 27.1 Å². The predicted molar refractivity (Wildman–Crippen MR) is 84.1 cm³/mol. The lowest BCUT2D eigenvalue weighted by molar-refractivity contribution is -0.142. The number of nitrogens with zero attached hydrogens (tertiary/aromatic N) is 1. The number of nitrogens with one attached hydrogen (secondary N) is 1. The Balaban J connectivity index is 1.99. The summed E-state index contributed by atoms with van der Waals surface area (Å²) in [5.74, 6) is -1.34. The topological polar surface area (TPSA) is 89.9 Å². The average molecular weight is 422 g/mol. The molecule has 6 nitrogen and oxygen atoms in total. The van der Waals surface area contributed by atoms with Crippen molar-refractivity contribution >= 4 is 49.4 Å². The van der Waals surface area contributed by atoms with Crippen molar-refractivity contribution in [3.63, 3.8) is 0 Å². The summed E-state index contributed by atoms with van der Waals surface area (Å²) >= 11 is 6.66. The van der Waals surface area contributed by atoms with Gasteiger partial charge in [-0.25, -0.2) is 0 Å². The van der Waals surface area contributed by atoms with Gasteiger partial charge in [0.25, 0.3) is 0 Å². The summed E-state index contributed by atoms with van der Waals surface area (Å²) in [6.07, 6.45) is -0.566. The fraction of sp³-hybridized carbons (Fsp3) is 0.385. The summed E-state index contributed by atoms with van der Waals surface area (Å²) in [7, 11) is 0. The van der Waals surface area contributed by atoms with E-state index in [0.29, 0.717) is 5.69 Å². The number of carboxylic acids is 1. The van der Waals surface area contributed by atoms with Crippen molar-refractivity contribution in [3.8, 4) is 0 Å². The molecular formula is C13H14Br2N2O4. The minimum atomic E-state index is -1.02. The zero-order chi connectivity index (χ0) is 15.6. The Labute approximate surface area is 138 Å². The zero-order valence-electron chi connectivity index (χ0n) is 10.9. The van der Waals surface area contributed by atoms with Crippen molar-refractivity contribution in [1.29, 1.82) is 0 Å². The number of carbonyl (C=O) groups is 2. The molecule has 1 aliphatic heterocycles. The summed E-state index contributed by atoms with van der Waals surface area (Å²) in [5.41, 5.74) is 0.606. The van der Waals surface area contributed by atoms with Crippen molar-refractivity contribution in [2.24, 2.45) is 0 Å². The van der Waals surface area contributed by atoms with Crippen LogP contribution in [-0.2, 0) is 9.59 Å². The highest BCUT2D eigenvalue weighted by Crippen LogP contribution is 2.26. The molecule has 0 bridgehead atoms. The molecule has 1 aromatic carbocycles. The van der Waals surface area contributed by atoms with E-state index in [2.05, 4.69) is 37.2 Å². The molecule has 0 radical (unpaired) electrons. The molecule has 0 aromatic heterocycles. The minimum absolute atomic E-state index is 0.0729. The van der Waals surface area contributed by atoms with E-state index >= 15 is 0 Å². The van der Waals surface area contributed by atoms with Gasteiger partial charge in [-0.05, 0) is 34.1 Å². The quantitative estimate of drug-likeness (QED) is 0.688. The van der Waals surface area contributed by atoms with Crippen molar-refractivity contribution in [2.75, 3.05) is 18.4 Å². The summed E-state index contributed by atoms with van der Waals surface area (Å²) in [5, 5.41) is 21.3. The Morgan fingerprint density at radius 3 is 2.71 bits per heavy atom. The molecule has 2 rings (SSSR count). The van der Waals surface area contributed by atoms with Gasteiger partial charge < -0.3 is 15.5 Å². The lowest BCUT2D eigenvalue weighted by Gasteiger charge is -2.20. The third kappa shape index (κ3) is 4.26. The van der Waals surface area contributed by atoms with Gasteiger partial charge in [0.2, 0.25) is 5.91 Å². The van der Waals surface area contributed by atoms with Gasteiger partial charge in [0.05, 0.1) is 18.3 Å². The van der Waals surface area contributed by atoms with Gasteiger partial charge in [-0.1, -0.05) is 15.9 Å². The van der Waals surface area contributed by atoms with Crippen molar-refractivity contribution in [2.45, 2.75) is 18.6 Å². The fourth-order valence-corrected chi connectivity index (χ4v) is 3.42. The first kappa shape index (κ1) is 16.4. The van der Waals surface area contributed by atoms with Crippen LogP contribution in [0.2, 0.25) is 0 Å². The van der Waals surface area contributed by atoms with Gasteiger partial charge in [-0.2, -0.15) is 0 Å². The highest BCUT2D eigenvalue weighted by Gasteiger charge is 2.36. The van der Waals surface area contributed by atoms with Crippen LogP contribution in [-0.4, -0.2) is 52.2 Å². The molecular weight excluding hydrogens is 408 g/mol. The fourth-order valence-electron chi connectivity index (χ4n) is 2.28. The third-order valence-corrected chi connectivity index (χ3v) is 4.37. The summed E-state index contributed by atoms with van der Waals surface area (Å²) < 4.78 is 1.60. The number of carboxylic acid groups (broad SMARTS) is 1. The molecule has 2 atom stereocenters. The number of aliphatic hydroxyl groups is 1. The molecule has 0 aliphatic carbocycles. The maximum Gasteiger partial charge on any atom is 0.321 e. The van der Waals surface area contributed by atoms with Gasteiger partial charge in [-0.15, -0.1) is 0 Å². The standard InChI is InChI=1S/C13H14Br2N2O4/c14-7-1-2-10(9(15)3-7)16-12(19)6-17-5-8(18)4-11(17)13(20)21/h1-3,8,11,18H,4-6H2,(H,16,19)(H,20,21). The Hall–Kier alpha value is -0.960. The smallest absolute Gasteiger partial charge is 0.321 e. The third-order valence-electron chi connectivity index (χ3n) is 3.22. The number of hydrogen-bond acceptors (Lipinski definition) is 4. The first-order chi connectivity index (χ1) is 9.86. The molecule has 114 valence electrons. The Morgan fingerprint density at radius 2 is 2.10 bits per heavy atom. The van der Waals surface area contributed by atoms with Crippen LogP contribution in [0.3, 0.4) is 0 Å². The molecule has 1 aromatic rings. The number of anilines is 1. The molecule has 1 amide bonds. The number of aliphatic hydroxyl groups excluding tert-OH is 1. The number of halogens is 2. The van der Waals surface area contributed by atoms with E-state index in [1.165, 1.54) is 4.90 Å². The highest BCUT2D eigenvalue weighted by molar-refractivity contribution is 9.11. The number of rotatable bonds is 4. The SMILES string of the molecule is O=C(CN1CC(O)CC1C(=O)O)Nc1ccc(Br)cc1Br. The van der Waals surface area contributed by atoms with Crippen LogP contribution < -0.4 is 5.32 Å². The van der Waals surface area contributed by atoms with Gasteiger partial charge in [0, 0.05) is 21.9 Å². The van der Waals surface area contributed by atoms with E-state index in [9.17, 15) is 14.7 Å². The number of hydrogen-bond donors (Lipinski definition) is 3. The maximum absolute atomic E-state index is 12.0. The molecule has 2 unspecified atom stereocenters. The molecule has 1 fully saturated rings. The van der Waals surface area contributed by atoms with Crippen molar-refractivity contribution < 1.29 is 19.8 Å². The molecule has 1 saturated heterocycles. The van der Waals surface area contributed by atoms with Crippen LogP contribution in [0.4, 0.5) is 5.69 Å². The van der Waals surface area contributed by atoms with Gasteiger partial charge in [-0.3, -0.25) is 14.5 Å². The van der Waals surface area contributed by atoms with Crippen molar-refractivity contribution in [1.82, 2.24) is 4.90 Å². The number of likely N-dealkylation sites (tertiary alicyclic amines) is 1. The first-order valence-electron chi connectivity index (χ1n) is 6.26. The van der Waals surface area contributed by atoms with Gasteiger partial charge in [0.15, 0.2) is 0 Å². The normalized spacial score (nSPS) is 22.2. The monoisotopic (exact) mass is 420 g/mol. The number of amides is 1. The van der Waals surface area contributed by atoms with E-state index in [0.717, 1.165) is 8.95 Å². The Morgan fingerprint density at radius 1 is 1.38 bits per heavy atom. The second-order valence-electron chi connectivity index (χ2n) is 4.85. The van der Waals surface area contributed by atoms with Crippen LogP contribution >= 0.6 is 31.9 Å². The molecule has 0 spiro atoms. The number of aliphatic carboxylic acids is 1. The van der Waals surface area contributed by atoms with Crippen LogP contribution in [0.1, 0.15) is 6.42 Å². The molecule has 0 saturated carbocycles. The molecule has 1 aliphatic rings. The molecule has 8 heteroatoms. The Bertz CT molecular complexity index is 567. The second-order valence-corrected chi connectivity index (χ2v) is 6.62. The minimum Gasteiger partial charge on any atom is -0.480 e. The maximum atomic E-state index is 12.0. The second kappa shape index (κ2) is 6.87. The lowest BCUT2D eigenvalue weighted by Crippen LogP contribution is -2.41. The van der Waals surface area contributed by atoms with E-state index < -0.39 is 18.1 Å². The summed E-state index contributed by atoms with van der Waals surface area (Å²) in [4.78, 5) is 24.6. The molecule has 21 heavy (non-hydrogen) atoms. The highest BCUT2D eigenvalue weighted by atomic mass is 79.9. The van der Waals surface area contributed by atoms with Crippen LogP contribution in [0, 0.1) is 0 Å².